The van der Waals surface area contributed by atoms with E-state index in [1.165, 1.54) is 5.56 Å². The molecular weight excluding hydrogens is 300 g/mol. The molecule has 0 aromatic heterocycles. The number of benzene rings is 2. The molecule has 1 N–H and O–H groups in total. The number of nitrogens with zero attached hydrogens (tertiary/aromatic N) is 1. The molecule has 2 aromatic rings. The maximum atomic E-state index is 11.9. The summed E-state index contributed by atoms with van der Waals surface area (Å²) < 4.78 is 5.56. The summed E-state index contributed by atoms with van der Waals surface area (Å²) in [4.78, 5) is 11.9. The van der Waals surface area contributed by atoms with Gasteiger partial charge in [-0.3, -0.25) is 4.79 Å². The summed E-state index contributed by atoms with van der Waals surface area (Å²) in [5, 5.41) is 4.04. The molecule has 0 atom stereocenters. The van der Waals surface area contributed by atoms with Crippen LogP contribution in [0.5, 0.6) is 5.75 Å². The van der Waals surface area contributed by atoms with Crippen molar-refractivity contribution in [1.29, 1.82) is 0 Å². The summed E-state index contributed by atoms with van der Waals surface area (Å²) >= 11 is 0. The van der Waals surface area contributed by atoms with E-state index in [2.05, 4.69) is 29.6 Å². The SMILES string of the molecule is Cc1cc(C)c(/C=N/NC(=O)COc2cccc(C)c2C)c(C)c1. The monoisotopic (exact) mass is 324 g/mol. The van der Waals surface area contributed by atoms with E-state index in [0.29, 0.717) is 0 Å². The van der Waals surface area contributed by atoms with Crippen molar-refractivity contribution < 1.29 is 9.53 Å². The molecule has 0 heterocycles. The molecule has 0 saturated carbocycles. The minimum atomic E-state index is -0.283. The third-order valence-corrected chi connectivity index (χ3v) is 4.03. The Morgan fingerprint density at radius 2 is 1.75 bits per heavy atom. The Bertz CT molecular complexity index is 756. The van der Waals surface area contributed by atoms with Crippen LogP contribution >= 0.6 is 0 Å². The van der Waals surface area contributed by atoms with Gasteiger partial charge in [-0.15, -0.1) is 0 Å². The lowest BCUT2D eigenvalue weighted by atomic mass is 10.0. The van der Waals surface area contributed by atoms with Crippen LogP contribution in [0.3, 0.4) is 0 Å². The van der Waals surface area contributed by atoms with Gasteiger partial charge in [-0.05, 0) is 62.9 Å². The standard InChI is InChI=1S/C20H24N2O2/c1-13-9-15(3)18(16(4)10-13)11-21-22-20(23)12-24-19-8-6-7-14(2)17(19)5/h6-11H,12H2,1-5H3,(H,22,23)/b21-11+. The fraction of sp³-hybridized carbons (Fsp3) is 0.300. The van der Waals surface area contributed by atoms with E-state index in [-0.39, 0.29) is 12.5 Å². The van der Waals surface area contributed by atoms with Gasteiger partial charge in [0.15, 0.2) is 6.61 Å². The summed E-state index contributed by atoms with van der Waals surface area (Å²) in [5.41, 5.74) is 9.20. The first-order valence-corrected chi connectivity index (χ1v) is 7.97. The molecule has 0 spiro atoms. The number of rotatable bonds is 5. The van der Waals surface area contributed by atoms with E-state index < -0.39 is 0 Å². The quantitative estimate of drug-likeness (QED) is 0.672. The van der Waals surface area contributed by atoms with Crippen molar-refractivity contribution in [2.24, 2.45) is 5.10 Å². The minimum absolute atomic E-state index is 0.0620. The highest BCUT2D eigenvalue weighted by molar-refractivity contribution is 5.85. The van der Waals surface area contributed by atoms with E-state index in [1.54, 1.807) is 6.21 Å². The molecule has 0 bridgehead atoms. The summed E-state index contributed by atoms with van der Waals surface area (Å²) in [7, 11) is 0. The Labute approximate surface area is 143 Å². The van der Waals surface area contributed by atoms with Gasteiger partial charge in [0, 0.05) is 5.56 Å². The topological polar surface area (TPSA) is 50.7 Å². The summed E-state index contributed by atoms with van der Waals surface area (Å²) in [6.07, 6.45) is 1.68. The Hall–Kier alpha value is -2.62. The van der Waals surface area contributed by atoms with Gasteiger partial charge in [-0.1, -0.05) is 29.8 Å². The maximum Gasteiger partial charge on any atom is 0.277 e. The van der Waals surface area contributed by atoms with Crippen LogP contribution in [0.2, 0.25) is 0 Å². The summed E-state index contributed by atoms with van der Waals surface area (Å²) in [5.74, 6) is 0.439. The first-order valence-electron chi connectivity index (χ1n) is 7.97. The van der Waals surface area contributed by atoms with Gasteiger partial charge in [-0.2, -0.15) is 5.10 Å². The van der Waals surface area contributed by atoms with Crippen molar-refractivity contribution in [2.45, 2.75) is 34.6 Å². The highest BCUT2D eigenvalue weighted by atomic mass is 16.5. The van der Waals surface area contributed by atoms with Gasteiger partial charge in [0.05, 0.1) is 6.21 Å². The van der Waals surface area contributed by atoms with Crippen LogP contribution < -0.4 is 10.2 Å². The van der Waals surface area contributed by atoms with Crippen LogP contribution in [-0.2, 0) is 4.79 Å². The molecule has 4 nitrogen and oxygen atoms in total. The van der Waals surface area contributed by atoms with Crippen molar-refractivity contribution in [3.8, 4) is 5.75 Å². The minimum Gasteiger partial charge on any atom is -0.483 e. The second kappa shape index (κ2) is 7.77. The molecule has 2 aromatic carbocycles. The zero-order chi connectivity index (χ0) is 17.7. The lowest BCUT2D eigenvalue weighted by Gasteiger charge is -2.10. The van der Waals surface area contributed by atoms with E-state index in [9.17, 15) is 4.79 Å². The molecule has 0 radical (unpaired) electrons. The molecule has 24 heavy (non-hydrogen) atoms. The summed E-state index contributed by atoms with van der Waals surface area (Å²) in [6.45, 7) is 10.1. The Kier molecular flexibility index (Phi) is 5.74. The fourth-order valence-electron chi connectivity index (χ4n) is 2.62. The van der Waals surface area contributed by atoms with E-state index in [4.69, 9.17) is 4.74 Å². The zero-order valence-corrected chi connectivity index (χ0v) is 14.9. The third kappa shape index (κ3) is 4.44. The van der Waals surface area contributed by atoms with Gasteiger partial charge >= 0.3 is 0 Å². The van der Waals surface area contributed by atoms with Crippen molar-refractivity contribution in [3.63, 3.8) is 0 Å². The average molecular weight is 324 g/mol. The van der Waals surface area contributed by atoms with Gasteiger partial charge in [0.2, 0.25) is 0 Å². The van der Waals surface area contributed by atoms with Crippen molar-refractivity contribution in [1.82, 2.24) is 5.43 Å². The molecule has 0 aliphatic heterocycles. The van der Waals surface area contributed by atoms with Crippen LogP contribution in [0.4, 0.5) is 0 Å². The molecule has 0 fully saturated rings. The molecule has 0 aliphatic carbocycles. The molecule has 2 rings (SSSR count). The van der Waals surface area contributed by atoms with E-state index in [0.717, 1.165) is 33.6 Å². The zero-order valence-electron chi connectivity index (χ0n) is 14.9. The Morgan fingerprint density at radius 3 is 2.42 bits per heavy atom. The number of aryl methyl sites for hydroxylation is 4. The highest BCUT2D eigenvalue weighted by Gasteiger charge is 2.06. The number of hydrazone groups is 1. The van der Waals surface area contributed by atoms with Crippen LogP contribution in [0.25, 0.3) is 0 Å². The van der Waals surface area contributed by atoms with Crippen molar-refractivity contribution in [3.05, 3.63) is 63.7 Å². The molecule has 1 amide bonds. The first-order chi connectivity index (χ1) is 11.4. The summed E-state index contributed by atoms with van der Waals surface area (Å²) in [6, 6.07) is 9.98. The second-order valence-corrected chi connectivity index (χ2v) is 6.09. The molecular formula is C20H24N2O2. The molecule has 4 heteroatoms. The fourth-order valence-corrected chi connectivity index (χ4v) is 2.62. The van der Waals surface area contributed by atoms with Gasteiger partial charge in [0.1, 0.15) is 5.75 Å². The molecule has 126 valence electrons. The van der Waals surface area contributed by atoms with Crippen molar-refractivity contribution in [2.75, 3.05) is 6.61 Å². The number of carbonyl (C=O) groups excluding carboxylic acids is 1. The molecule has 0 saturated heterocycles. The number of carbonyl (C=O) groups is 1. The second-order valence-electron chi connectivity index (χ2n) is 6.09. The number of hydrogen-bond donors (Lipinski definition) is 1. The highest BCUT2D eigenvalue weighted by Crippen LogP contribution is 2.20. The predicted octanol–water partition coefficient (Wildman–Crippen LogP) is 3.76. The smallest absolute Gasteiger partial charge is 0.277 e. The van der Waals surface area contributed by atoms with E-state index >= 15 is 0 Å². The van der Waals surface area contributed by atoms with E-state index in [1.807, 2.05) is 45.9 Å². The van der Waals surface area contributed by atoms with Gasteiger partial charge in [0.25, 0.3) is 5.91 Å². The van der Waals surface area contributed by atoms with Crippen LogP contribution in [0.15, 0.2) is 35.4 Å². The Morgan fingerprint density at radius 1 is 1.08 bits per heavy atom. The van der Waals surface area contributed by atoms with Crippen LogP contribution in [0, 0.1) is 34.6 Å². The predicted molar refractivity (Wildman–Crippen MR) is 97.8 cm³/mol. The number of hydrogen-bond acceptors (Lipinski definition) is 3. The number of amides is 1. The normalized spacial score (nSPS) is 10.9. The maximum absolute atomic E-state index is 11.9. The first kappa shape index (κ1) is 17.7. The molecule has 0 aliphatic rings. The lowest BCUT2D eigenvalue weighted by Crippen LogP contribution is -2.24. The van der Waals surface area contributed by atoms with Gasteiger partial charge < -0.3 is 4.74 Å². The Balaban J connectivity index is 1.93. The average Bonchev–Trinajstić information content (AvgIpc) is 2.51. The van der Waals surface area contributed by atoms with Gasteiger partial charge in [-0.25, -0.2) is 5.43 Å². The molecule has 0 unspecified atom stereocenters. The lowest BCUT2D eigenvalue weighted by molar-refractivity contribution is -0.123. The number of nitrogens with one attached hydrogen (secondary N) is 1. The van der Waals surface area contributed by atoms with Crippen LogP contribution in [-0.4, -0.2) is 18.7 Å². The van der Waals surface area contributed by atoms with Crippen molar-refractivity contribution >= 4 is 12.1 Å². The largest absolute Gasteiger partial charge is 0.483 e. The third-order valence-electron chi connectivity index (χ3n) is 4.03. The van der Waals surface area contributed by atoms with Crippen LogP contribution in [0.1, 0.15) is 33.4 Å². The number of ether oxygens (including phenoxy) is 1.